The third-order valence-electron chi connectivity index (χ3n) is 3.52. The molecule has 0 radical (unpaired) electrons. The van der Waals surface area contributed by atoms with Crippen LogP contribution in [0.2, 0.25) is 0 Å². The Hall–Kier alpha value is -0.100. The number of alkyl halides is 1. The van der Waals surface area contributed by atoms with Gasteiger partial charge in [0.25, 0.3) is 0 Å². The Labute approximate surface area is 128 Å². The van der Waals surface area contributed by atoms with Crippen molar-refractivity contribution in [3.05, 3.63) is 28.7 Å². The van der Waals surface area contributed by atoms with Gasteiger partial charge in [-0.05, 0) is 36.1 Å². The maximum Gasteiger partial charge on any atom is 0.243 e. The summed E-state index contributed by atoms with van der Waals surface area (Å²) >= 11 is 9.57. The first-order valence-electron chi connectivity index (χ1n) is 6.13. The van der Waals surface area contributed by atoms with Crippen LogP contribution in [0.4, 0.5) is 0 Å². The summed E-state index contributed by atoms with van der Waals surface area (Å²) in [5, 5.41) is 0.0175. The van der Waals surface area contributed by atoms with Crippen molar-refractivity contribution in [3.63, 3.8) is 0 Å². The van der Waals surface area contributed by atoms with Crippen LogP contribution in [0.25, 0.3) is 0 Å². The van der Waals surface area contributed by atoms with Crippen LogP contribution in [0, 0.1) is 5.41 Å². The summed E-state index contributed by atoms with van der Waals surface area (Å²) in [6.45, 7) is 4.96. The molecule has 2 rings (SSSR count). The van der Waals surface area contributed by atoms with Crippen molar-refractivity contribution < 1.29 is 8.42 Å². The molecule has 1 fully saturated rings. The Balaban J connectivity index is 2.28. The number of benzene rings is 1. The zero-order chi connectivity index (χ0) is 14.3. The lowest BCUT2D eigenvalue weighted by molar-refractivity contribution is 0.192. The number of sulfonamides is 1. The number of nitrogens with zero attached hydrogens (tertiary/aromatic N) is 1. The molecule has 1 aromatic rings. The molecular formula is C13H17BrClNO2S. The standard InChI is InChI=1S/C13H17BrClNO2S/c1-13(2)9-16(8-7-12(13)15)19(17,18)11-5-3-10(14)4-6-11/h3-6,12H,7-9H2,1-2H3. The van der Waals surface area contributed by atoms with Crippen LogP contribution in [0.3, 0.4) is 0 Å². The summed E-state index contributed by atoms with van der Waals surface area (Å²) in [6, 6.07) is 6.73. The number of piperidine rings is 1. The normalized spacial score (nSPS) is 24.3. The molecule has 6 heteroatoms. The first-order chi connectivity index (χ1) is 8.73. The summed E-state index contributed by atoms with van der Waals surface area (Å²) in [6.07, 6.45) is 0.685. The zero-order valence-electron chi connectivity index (χ0n) is 10.9. The average molecular weight is 367 g/mol. The number of halogens is 2. The number of hydrogen-bond acceptors (Lipinski definition) is 2. The Morgan fingerprint density at radius 2 is 1.89 bits per heavy atom. The highest BCUT2D eigenvalue weighted by Gasteiger charge is 2.39. The van der Waals surface area contributed by atoms with E-state index < -0.39 is 10.0 Å². The Morgan fingerprint density at radius 1 is 1.32 bits per heavy atom. The molecule has 1 unspecified atom stereocenters. The van der Waals surface area contributed by atoms with Gasteiger partial charge in [-0.3, -0.25) is 0 Å². The molecule has 0 spiro atoms. The maximum atomic E-state index is 12.6. The first-order valence-corrected chi connectivity index (χ1v) is 8.80. The lowest BCUT2D eigenvalue weighted by Gasteiger charge is -2.40. The fraction of sp³-hybridized carbons (Fsp3) is 0.538. The SMILES string of the molecule is CC1(C)CN(S(=O)(=O)c2ccc(Br)cc2)CCC1Cl. The molecule has 3 nitrogen and oxygen atoms in total. The highest BCUT2D eigenvalue weighted by atomic mass is 79.9. The molecule has 0 bridgehead atoms. The highest BCUT2D eigenvalue weighted by molar-refractivity contribution is 9.10. The van der Waals surface area contributed by atoms with Crippen LogP contribution >= 0.6 is 27.5 Å². The smallest absolute Gasteiger partial charge is 0.207 e. The Bertz CT molecular complexity index is 557. The van der Waals surface area contributed by atoms with Crippen LogP contribution in [-0.2, 0) is 10.0 Å². The summed E-state index contributed by atoms with van der Waals surface area (Å²) in [4.78, 5) is 0.333. The van der Waals surface area contributed by atoms with Crippen molar-refractivity contribution in [1.29, 1.82) is 0 Å². The van der Waals surface area contributed by atoms with Gasteiger partial charge in [-0.25, -0.2) is 8.42 Å². The number of rotatable bonds is 2. The monoisotopic (exact) mass is 365 g/mol. The molecule has 1 heterocycles. The van der Waals surface area contributed by atoms with Gasteiger partial charge in [0.05, 0.1) is 4.90 Å². The van der Waals surface area contributed by atoms with E-state index in [1.165, 1.54) is 4.31 Å². The molecule has 1 saturated heterocycles. The summed E-state index contributed by atoms with van der Waals surface area (Å²) in [5.74, 6) is 0. The van der Waals surface area contributed by atoms with Crippen molar-refractivity contribution in [2.45, 2.75) is 30.5 Å². The van der Waals surface area contributed by atoms with E-state index in [0.29, 0.717) is 24.4 Å². The molecule has 0 aromatic heterocycles. The van der Waals surface area contributed by atoms with E-state index in [9.17, 15) is 8.42 Å². The van der Waals surface area contributed by atoms with E-state index in [1.54, 1.807) is 24.3 Å². The van der Waals surface area contributed by atoms with Gasteiger partial charge < -0.3 is 0 Å². The van der Waals surface area contributed by atoms with Crippen LogP contribution < -0.4 is 0 Å². The predicted molar refractivity (Wildman–Crippen MR) is 80.9 cm³/mol. The van der Waals surface area contributed by atoms with Crippen LogP contribution in [0.5, 0.6) is 0 Å². The lowest BCUT2D eigenvalue weighted by atomic mass is 9.85. The molecule has 19 heavy (non-hydrogen) atoms. The van der Waals surface area contributed by atoms with Crippen molar-refractivity contribution >= 4 is 37.6 Å². The molecule has 0 amide bonds. The molecule has 0 saturated carbocycles. The van der Waals surface area contributed by atoms with Gasteiger partial charge in [-0.2, -0.15) is 4.31 Å². The van der Waals surface area contributed by atoms with Crippen LogP contribution in [-0.4, -0.2) is 31.2 Å². The minimum Gasteiger partial charge on any atom is -0.207 e. The predicted octanol–water partition coefficient (Wildman–Crippen LogP) is 3.48. The first kappa shape index (κ1) is 15.3. The summed E-state index contributed by atoms with van der Waals surface area (Å²) in [5.41, 5.74) is -0.206. The minimum atomic E-state index is -3.42. The molecule has 1 aliphatic rings. The van der Waals surface area contributed by atoms with E-state index >= 15 is 0 Å². The largest absolute Gasteiger partial charge is 0.243 e. The third kappa shape index (κ3) is 3.15. The molecule has 0 aliphatic carbocycles. The second-order valence-electron chi connectivity index (χ2n) is 5.54. The second-order valence-corrected chi connectivity index (χ2v) is 8.92. The molecule has 1 atom stereocenters. The molecule has 1 aromatic carbocycles. The van der Waals surface area contributed by atoms with Gasteiger partial charge in [0.1, 0.15) is 0 Å². The van der Waals surface area contributed by atoms with Crippen molar-refractivity contribution in [2.24, 2.45) is 5.41 Å². The fourth-order valence-corrected chi connectivity index (χ4v) is 4.30. The Morgan fingerprint density at radius 3 is 2.42 bits per heavy atom. The zero-order valence-corrected chi connectivity index (χ0v) is 14.1. The van der Waals surface area contributed by atoms with E-state index in [2.05, 4.69) is 15.9 Å². The van der Waals surface area contributed by atoms with Gasteiger partial charge >= 0.3 is 0 Å². The fourth-order valence-electron chi connectivity index (χ4n) is 2.24. The van der Waals surface area contributed by atoms with Gasteiger partial charge in [-0.1, -0.05) is 29.8 Å². The topological polar surface area (TPSA) is 37.4 Å². The molecular weight excluding hydrogens is 350 g/mol. The summed E-state index contributed by atoms with van der Waals surface area (Å²) in [7, 11) is -3.42. The van der Waals surface area contributed by atoms with Gasteiger partial charge in [0, 0.05) is 22.9 Å². The quantitative estimate of drug-likeness (QED) is 0.752. The van der Waals surface area contributed by atoms with Gasteiger partial charge in [0.2, 0.25) is 10.0 Å². The number of hydrogen-bond donors (Lipinski definition) is 0. The van der Waals surface area contributed by atoms with Crippen LogP contribution in [0.1, 0.15) is 20.3 Å². The second kappa shape index (κ2) is 5.35. The van der Waals surface area contributed by atoms with E-state index in [4.69, 9.17) is 11.6 Å². The average Bonchev–Trinajstić information content (AvgIpc) is 2.33. The van der Waals surface area contributed by atoms with Crippen molar-refractivity contribution in [1.82, 2.24) is 4.31 Å². The Kier molecular flexibility index (Phi) is 4.31. The molecule has 1 aliphatic heterocycles. The van der Waals surface area contributed by atoms with Crippen molar-refractivity contribution in [2.75, 3.05) is 13.1 Å². The van der Waals surface area contributed by atoms with E-state index in [1.807, 2.05) is 13.8 Å². The summed E-state index contributed by atoms with van der Waals surface area (Å²) < 4.78 is 27.5. The van der Waals surface area contributed by atoms with Crippen molar-refractivity contribution in [3.8, 4) is 0 Å². The third-order valence-corrected chi connectivity index (χ3v) is 6.71. The van der Waals surface area contributed by atoms with E-state index in [0.717, 1.165) is 4.47 Å². The maximum absolute atomic E-state index is 12.6. The molecule has 106 valence electrons. The lowest BCUT2D eigenvalue weighted by Crippen LogP contribution is -2.48. The van der Waals surface area contributed by atoms with E-state index in [-0.39, 0.29) is 10.8 Å². The molecule has 0 N–H and O–H groups in total. The highest BCUT2D eigenvalue weighted by Crippen LogP contribution is 2.35. The van der Waals surface area contributed by atoms with Gasteiger partial charge in [0.15, 0.2) is 0 Å². The van der Waals surface area contributed by atoms with Crippen LogP contribution in [0.15, 0.2) is 33.6 Å². The minimum absolute atomic E-state index is 0.0175. The van der Waals surface area contributed by atoms with Gasteiger partial charge in [-0.15, -0.1) is 11.6 Å².